The molecule has 5 aromatic rings. The van der Waals surface area contributed by atoms with E-state index in [1.807, 2.05) is 18.2 Å². The highest BCUT2D eigenvalue weighted by molar-refractivity contribution is 7.07. The number of nitrogens with one attached hydrogen (secondary N) is 1. The molecule has 6 rings (SSSR count). The second-order valence-electron chi connectivity index (χ2n) is 11.4. The van der Waals surface area contributed by atoms with Crippen LogP contribution in [0.15, 0.2) is 104 Å². The Morgan fingerprint density at radius 3 is 2.51 bits per heavy atom. The molecule has 3 heterocycles. The van der Waals surface area contributed by atoms with Crippen molar-refractivity contribution in [3.63, 3.8) is 0 Å². The maximum absolute atomic E-state index is 14.3. The number of halogens is 1. The third kappa shape index (κ3) is 6.81. The molecule has 0 bridgehead atoms. The van der Waals surface area contributed by atoms with Crippen LogP contribution in [0.2, 0.25) is 5.02 Å². The number of benzene rings is 3. The van der Waals surface area contributed by atoms with E-state index in [1.165, 1.54) is 11.7 Å². The number of allylic oxidation sites excluding steroid dienone is 1. The summed E-state index contributed by atoms with van der Waals surface area (Å²) >= 11 is 7.45. The molecule has 0 radical (unpaired) electrons. The number of amides is 1. The third-order valence-corrected chi connectivity index (χ3v) is 8.96. The minimum atomic E-state index is -0.879. The molecule has 1 aliphatic rings. The predicted molar refractivity (Wildman–Crippen MR) is 188 cm³/mol. The summed E-state index contributed by atoms with van der Waals surface area (Å²) in [5.74, 6) is 0.798. The molecule has 3 aromatic carbocycles. The fourth-order valence-corrected chi connectivity index (χ4v) is 6.75. The number of hydrogen-bond acceptors (Lipinski definition) is 9. The molecule has 1 N–H and O–H groups in total. The zero-order chi connectivity index (χ0) is 34.8. The van der Waals surface area contributed by atoms with Crippen molar-refractivity contribution >= 4 is 46.6 Å². The van der Waals surface area contributed by atoms with Gasteiger partial charge in [0.2, 0.25) is 0 Å². The molecule has 1 amide bonds. The fraction of sp³-hybridized carbons (Fsp3) is 0.189. The number of thiazole rings is 1. The van der Waals surface area contributed by atoms with Gasteiger partial charge in [0.05, 0.1) is 41.7 Å². The molecular formula is C37H32ClN3O7S. The summed E-state index contributed by atoms with van der Waals surface area (Å²) in [7, 11) is 3.06. The number of para-hydroxylation sites is 1. The molecule has 0 fully saturated rings. The molecule has 1 aliphatic heterocycles. The minimum absolute atomic E-state index is 0.285. The topological polar surface area (TPSA) is 121 Å². The predicted octanol–water partition coefficient (Wildman–Crippen LogP) is 6.37. The molecular weight excluding hydrogens is 666 g/mol. The van der Waals surface area contributed by atoms with Gasteiger partial charge in [0, 0.05) is 34.0 Å². The third-order valence-electron chi connectivity index (χ3n) is 7.74. The van der Waals surface area contributed by atoms with Crippen molar-refractivity contribution in [1.29, 1.82) is 0 Å². The van der Waals surface area contributed by atoms with Gasteiger partial charge in [0.1, 0.15) is 29.1 Å². The lowest BCUT2D eigenvalue weighted by molar-refractivity contribution is -0.113. The Balaban J connectivity index is 1.46. The second kappa shape index (κ2) is 14.0. The first kappa shape index (κ1) is 33.5. The van der Waals surface area contributed by atoms with Crippen molar-refractivity contribution in [2.45, 2.75) is 32.9 Å². The summed E-state index contributed by atoms with van der Waals surface area (Å²) in [6.07, 6.45) is 1.29. The SMILES string of the molecule is COc1ccc([C@H]2C(C(=O)Nc3ccccc3)=C(C)N=c3s/c(=C/c4ccc(-c5cc(Cl)ccc5C(=O)OC(C)C)o4)c(=O)n32)c(OC)c1. The number of aromatic nitrogens is 1. The van der Waals surface area contributed by atoms with Gasteiger partial charge in [-0.1, -0.05) is 41.1 Å². The van der Waals surface area contributed by atoms with Crippen molar-refractivity contribution in [3.05, 3.63) is 132 Å². The van der Waals surface area contributed by atoms with Crippen LogP contribution >= 0.6 is 22.9 Å². The Hall–Kier alpha value is -5.39. The Labute approximate surface area is 290 Å². The van der Waals surface area contributed by atoms with E-state index >= 15 is 0 Å². The van der Waals surface area contributed by atoms with Gasteiger partial charge >= 0.3 is 5.97 Å². The number of rotatable bonds is 9. The summed E-state index contributed by atoms with van der Waals surface area (Å²) in [5.41, 5.74) is 2.27. The van der Waals surface area contributed by atoms with Gasteiger partial charge < -0.3 is 23.9 Å². The molecule has 12 heteroatoms. The summed E-state index contributed by atoms with van der Waals surface area (Å²) in [4.78, 5) is 46.1. The lowest BCUT2D eigenvalue weighted by Crippen LogP contribution is -2.40. The molecule has 0 aliphatic carbocycles. The number of furan rings is 1. The van der Waals surface area contributed by atoms with Crippen LogP contribution in [0.3, 0.4) is 0 Å². The van der Waals surface area contributed by atoms with Gasteiger partial charge in [-0.25, -0.2) is 9.79 Å². The quantitative estimate of drug-likeness (QED) is 0.178. The number of carbonyl (C=O) groups is 2. The lowest BCUT2D eigenvalue weighted by atomic mass is 9.94. The average molecular weight is 698 g/mol. The smallest absolute Gasteiger partial charge is 0.339 e. The van der Waals surface area contributed by atoms with E-state index in [1.54, 1.807) is 94.6 Å². The number of methoxy groups -OCH3 is 2. The number of carbonyl (C=O) groups excluding carboxylic acids is 2. The zero-order valence-corrected chi connectivity index (χ0v) is 28.8. The van der Waals surface area contributed by atoms with E-state index in [0.29, 0.717) is 65.5 Å². The van der Waals surface area contributed by atoms with E-state index < -0.39 is 17.9 Å². The summed E-state index contributed by atoms with van der Waals surface area (Å²) in [5, 5.41) is 3.36. The van der Waals surface area contributed by atoms with E-state index in [9.17, 15) is 14.4 Å². The standard InChI is InChI=1S/C37H32ClN3O7S/c1-20(2)47-36(44)26-14-11-22(38)17-28(26)29-16-13-25(48-29)19-31-35(43)41-33(27-15-12-24(45-4)18-30(27)46-5)32(21(3)39-37(41)49-31)34(42)40-23-9-7-6-8-10-23/h6-20,33H,1-5H3,(H,40,42)/b31-19+/t33-/m0/s1. The second-order valence-corrected chi connectivity index (χ2v) is 12.8. The monoisotopic (exact) mass is 697 g/mol. The zero-order valence-electron chi connectivity index (χ0n) is 27.3. The van der Waals surface area contributed by atoms with Crippen LogP contribution in [0.5, 0.6) is 11.5 Å². The average Bonchev–Trinajstić information content (AvgIpc) is 3.67. The van der Waals surface area contributed by atoms with Crippen LogP contribution in [0.25, 0.3) is 17.4 Å². The fourth-order valence-electron chi connectivity index (χ4n) is 5.55. The highest BCUT2D eigenvalue weighted by atomic mass is 35.5. The molecule has 1 atom stereocenters. The summed E-state index contributed by atoms with van der Waals surface area (Å²) in [6, 6.07) is 21.6. The number of hydrogen-bond donors (Lipinski definition) is 1. The van der Waals surface area contributed by atoms with E-state index in [4.69, 9.17) is 35.2 Å². The van der Waals surface area contributed by atoms with Crippen LogP contribution in [0, 0.1) is 0 Å². The molecule has 10 nitrogen and oxygen atoms in total. The molecule has 49 heavy (non-hydrogen) atoms. The van der Waals surface area contributed by atoms with Crippen LogP contribution in [-0.4, -0.2) is 36.8 Å². The molecule has 0 unspecified atom stereocenters. The summed E-state index contributed by atoms with van der Waals surface area (Å²) < 4.78 is 24.5. The number of anilines is 1. The van der Waals surface area contributed by atoms with Crippen molar-refractivity contribution < 1.29 is 28.2 Å². The van der Waals surface area contributed by atoms with Crippen molar-refractivity contribution in [2.75, 3.05) is 19.5 Å². The number of fused-ring (bicyclic) bond motifs is 1. The van der Waals surface area contributed by atoms with Crippen LogP contribution in [0.4, 0.5) is 5.69 Å². The Kier molecular flexibility index (Phi) is 9.57. The number of esters is 1. The molecule has 250 valence electrons. The Morgan fingerprint density at radius 2 is 1.80 bits per heavy atom. The van der Waals surface area contributed by atoms with E-state index in [0.717, 1.165) is 11.3 Å². The van der Waals surface area contributed by atoms with Crippen LogP contribution in [-0.2, 0) is 9.53 Å². The first-order chi connectivity index (χ1) is 23.6. The lowest BCUT2D eigenvalue weighted by Gasteiger charge is -2.26. The maximum Gasteiger partial charge on any atom is 0.339 e. The number of ether oxygens (including phenoxy) is 3. The van der Waals surface area contributed by atoms with Gasteiger partial charge in [-0.15, -0.1) is 0 Å². The van der Waals surface area contributed by atoms with Gasteiger partial charge in [-0.3, -0.25) is 14.2 Å². The van der Waals surface area contributed by atoms with Gasteiger partial charge in [0.15, 0.2) is 4.80 Å². The van der Waals surface area contributed by atoms with Crippen LogP contribution in [0.1, 0.15) is 48.5 Å². The van der Waals surface area contributed by atoms with Crippen LogP contribution < -0.4 is 29.7 Å². The van der Waals surface area contributed by atoms with Crippen molar-refractivity contribution in [2.24, 2.45) is 4.99 Å². The molecule has 0 saturated carbocycles. The van der Waals surface area contributed by atoms with E-state index in [-0.39, 0.29) is 17.2 Å². The number of nitrogens with zero attached hydrogens (tertiary/aromatic N) is 2. The van der Waals surface area contributed by atoms with Crippen molar-refractivity contribution in [3.8, 4) is 22.8 Å². The normalized spacial score (nSPS) is 14.3. The van der Waals surface area contributed by atoms with Gasteiger partial charge in [-0.05, 0) is 75.4 Å². The van der Waals surface area contributed by atoms with Crippen molar-refractivity contribution in [1.82, 2.24) is 4.57 Å². The highest BCUT2D eigenvalue weighted by Gasteiger charge is 2.34. The Morgan fingerprint density at radius 1 is 1.02 bits per heavy atom. The highest BCUT2D eigenvalue weighted by Crippen LogP contribution is 2.38. The first-order valence-electron chi connectivity index (χ1n) is 15.3. The van der Waals surface area contributed by atoms with Gasteiger partial charge in [-0.2, -0.15) is 0 Å². The summed E-state index contributed by atoms with van der Waals surface area (Å²) in [6.45, 7) is 5.28. The van der Waals surface area contributed by atoms with E-state index in [2.05, 4.69) is 5.32 Å². The minimum Gasteiger partial charge on any atom is -0.497 e. The Bertz CT molecular complexity index is 2290. The molecule has 2 aromatic heterocycles. The molecule has 0 saturated heterocycles. The first-order valence-corrected chi connectivity index (χ1v) is 16.5. The maximum atomic E-state index is 14.3. The van der Waals surface area contributed by atoms with Gasteiger partial charge in [0.25, 0.3) is 11.5 Å². The molecule has 0 spiro atoms. The largest absolute Gasteiger partial charge is 0.497 e.